The molecule has 0 N–H and O–H groups in total. The van der Waals surface area contributed by atoms with E-state index in [1.165, 1.54) is 104 Å². The molecule has 0 heterocycles. The van der Waals surface area contributed by atoms with Crippen molar-refractivity contribution in [1.82, 2.24) is 0 Å². The van der Waals surface area contributed by atoms with Crippen LogP contribution in [-0.2, 0) is 43.5 Å². The van der Waals surface area contributed by atoms with Crippen LogP contribution < -0.4 is 28.4 Å². The lowest BCUT2D eigenvalue weighted by atomic mass is 9.94. The molecule has 0 aliphatic carbocycles. The Labute approximate surface area is 317 Å². The average molecular weight is 793 g/mol. The van der Waals surface area contributed by atoms with Crippen molar-refractivity contribution in [3.8, 4) is 34.5 Å². The predicted molar refractivity (Wildman–Crippen MR) is 180 cm³/mol. The molecular formula is C35H36O21. The van der Waals surface area contributed by atoms with Gasteiger partial charge in [-0.2, -0.15) is 14.4 Å². The van der Waals surface area contributed by atoms with Crippen molar-refractivity contribution in [1.29, 1.82) is 0 Å². The van der Waals surface area contributed by atoms with Crippen LogP contribution in [0.15, 0.2) is 54.6 Å². The molecule has 21 heteroatoms. The maximum Gasteiger partial charge on any atom is 0.549 e. The van der Waals surface area contributed by atoms with Crippen molar-refractivity contribution in [2.45, 2.75) is 6.92 Å². The number of hydrogen-bond donors (Lipinski definition) is 0. The molecule has 56 heavy (non-hydrogen) atoms. The topological polar surface area (TPSA) is 241 Å². The maximum atomic E-state index is 12.7. The van der Waals surface area contributed by atoms with E-state index in [1.807, 2.05) is 0 Å². The summed E-state index contributed by atoms with van der Waals surface area (Å²) < 4.78 is 45.7. The van der Waals surface area contributed by atoms with Crippen LogP contribution in [0.25, 0.3) is 0 Å². The third-order valence-electron chi connectivity index (χ3n) is 7.07. The van der Waals surface area contributed by atoms with E-state index in [0.717, 1.165) is 0 Å². The van der Waals surface area contributed by atoms with Crippen LogP contribution in [0.4, 0.5) is 14.4 Å². The van der Waals surface area contributed by atoms with Gasteiger partial charge in [-0.15, -0.1) is 0 Å². The number of hydrogen-bond acceptors (Lipinski definition) is 21. The molecule has 0 saturated carbocycles. The zero-order chi connectivity index (χ0) is 41.3. The van der Waals surface area contributed by atoms with Gasteiger partial charge in [-0.1, -0.05) is 18.2 Å². The quantitative estimate of drug-likeness (QED) is 0.0867. The first-order valence-electron chi connectivity index (χ1n) is 15.6. The van der Waals surface area contributed by atoms with Gasteiger partial charge in [0.15, 0.2) is 0 Å². The van der Waals surface area contributed by atoms with Crippen LogP contribution in [-0.4, -0.2) is 98.9 Å². The van der Waals surface area contributed by atoms with Crippen LogP contribution >= 0.6 is 0 Å². The van der Waals surface area contributed by atoms with Crippen molar-refractivity contribution in [3.63, 3.8) is 0 Å². The molecule has 0 atom stereocenters. The minimum atomic E-state index is -1.68. The standard InChI is InChI=1S/C35H36O21/c1-35(17-48-32(39)54-51-29(36)26-20(42-2)11-8-12-21(26)43-3,18-49-33(40)55-52-30(37)27-22(44-4)13-9-14-23(27)45-5)19-50-34(41)56-53-31(38)28-24(46-6)15-10-16-25(28)47-7/h8-16H,17-19H2,1-7H3. The van der Waals surface area contributed by atoms with Crippen LogP contribution in [0.5, 0.6) is 34.5 Å². The van der Waals surface area contributed by atoms with E-state index in [-0.39, 0.29) is 51.2 Å². The number of carbonyl (C=O) groups excluding carboxylic acids is 6. The summed E-state index contributed by atoms with van der Waals surface area (Å²) in [5.74, 6) is -3.38. The Bertz CT molecular complexity index is 1590. The van der Waals surface area contributed by atoms with Crippen molar-refractivity contribution >= 4 is 36.4 Å². The fraction of sp³-hybridized carbons (Fsp3) is 0.314. The number of methoxy groups -OCH3 is 6. The third kappa shape index (κ3) is 11.6. The fourth-order valence-electron chi connectivity index (χ4n) is 4.39. The van der Waals surface area contributed by atoms with Gasteiger partial charge in [0.2, 0.25) is 0 Å². The first-order valence-corrected chi connectivity index (χ1v) is 15.6. The van der Waals surface area contributed by atoms with Crippen molar-refractivity contribution < 1.29 is 101 Å². The third-order valence-corrected chi connectivity index (χ3v) is 7.07. The molecule has 0 radical (unpaired) electrons. The molecule has 0 aliphatic rings. The van der Waals surface area contributed by atoms with Gasteiger partial charge in [-0.05, 0) is 43.3 Å². The highest BCUT2D eigenvalue weighted by Gasteiger charge is 2.34. The van der Waals surface area contributed by atoms with E-state index in [1.54, 1.807) is 0 Å². The van der Waals surface area contributed by atoms with Gasteiger partial charge < -0.3 is 42.6 Å². The summed E-state index contributed by atoms with van der Waals surface area (Å²) in [5, 5.41) is 0. The average Bonchev–Trinajstić information content (AvgIpc) is 3.23. The summed E-state index contributed by atoms with van der Waals surface area (Å²) in [7, 11) is 7.67. The molecule has 0 fully saturated rings. The Hall–Kier alpha value is -7.32. The van der Waals surface area contributed by atoms with Crippen molar-refractivity contribution in [3.05, 3.63) is 71.3 Å². The highest BCUT2D eigenvalue weighted by molar-refractivity contribution is 5.97. The molecule has 3 aromatic carbocycles. The molecule has 0 bridgehead atoms. The molecule has 302 valence electrons. The van der Waals surface area contributed by atoms with Gasteiger partial charge in [0, 0.05) is 0 Å². The molecular weight excluding hydrogens is 756 g/mol. The molecule has 0 aliphatic heterocycles. The molecule has 3 rings (SSSR count). The number of rotatable bonds is 15. The zero-order valence-electron chi connectivity index (χ0n) is 30.9. The molecule has 0 saturated heterocycles. The second-order valence-electron chi connectivity index (χ2n) is 10.9. The second kappa shape index (κ2) is 20.8. The van der Waals surface area contributed by atoms with Gasteiger partial charge in [-0.25, -0.2) is 43.7 Å². The summed E-state index contributed by atoms with van der Waals surface area (Å²) in [6.07, 6.45) is -4.74. The smallest absolute Gasteiger partial charge is 0.496 e. The van der Waals surface area contributed by atoms with Crippen LogP contribution in [0.2, 0.25) is 0 Å². The van der Waals surface area contributed by atoms with E-state index >= 15 is 0 Å². The van der Waals surface area contributed by atoms with Gasteiger partial charge in [0.05, 0.1) is 48.1 Å². The summed E-state index contributed by atoms with van der Waals surface area (Å²) in [4.78, 5) is 102. The Morgan fingerprint density at radius 2 is 0.607 bits per heavy atom. The lowest BCUT2D eigenvalue weighted by Gasteiger charge is -2.26. The molecule has 0 spiro atoms. The van der Waals surface area contributed by atoms with E-state index in [4.69, 9.17) is 42.6 Å². The second-order valence-corrected chi connectivity index (χ2v) is 10.9. The van der Waals surface area contributed by atoms with Crippen LogP contribution in [0.3, 0.4) is 0 Å². The van der Waals surface area contributed by atoms with Gasteiger partial charge in [0.25, 0.3) is 0 Å². The molecule has 0 aromatic heterocycles. The maximum absolute atomic E-state index is 12.7. The highest BCUT2D eigenvalue weighted by atomic mass is 17.2. The fourth-order valence-corrected chi connectivity index (χ4v) is 4.39. The monoisotopic (exact) mass is 792 g/mol. The zero-order valence-corrected chi connectivity index (χ0v) is 30.9. The summed E-state index contributed by atoms with van der Waals surface area (Å²) in [6, 6.07) is 13.1. The SMILES string of the molecule is COc1cccc(OC)c1C(=O)OOC(=O)OCC(C)(COC(=O)OOC(=O)c1c(OC)cccc1OC)COC(=O)OOC(=O)c1c(OC)cccc1OC. The molecule has 0 amide bonds. The van der Waals surface area contributed by atoms with E-state index in [0.29, 0.717) is 0 Å². The predicted octanol–water partition coefficient (Wildman–Crippen LogP) is 4.82. The Morgan fingerprint density at radius 1 is 0.393 bits per heavy atom. The first kappa shape index (κ1) is 43.1. The van der Waals surface area contributed by atoms with Crippen molar-refractivity contribution in [2.24, 2.45) is 5.41 Å². The molecule has 0 unspecified atom stereocenters. The van der Waals surface area contributed by atoms with E-state index in [9.17, 15) is 28.8 Å². The largest absolute Gasteiger partial charge is 0.549 e. The van der Waals surface area contributed by atoms with E-state index < -0.39 is 61.6 Å². The lowest BCUT2D eigenvalue weighted by Crippen LogP contribution is -2.37. The first-order chi connectivity index (χ1) is 26.8. The number of carbonyl (C=O) groups is 6. The summed E-state index contributed by atoms with van der Waals surface area (Å²) in [5.41, 5.74) is -2.34. The van der Waals surface area contributed by atoms with Gasteiger partial charge >= 0.3 is 36.4 Å². The van der Waals surface area contributed by atoms with Gasteiger partial charge in [0.1, 0.15) is 71.0 Å². The van der Waals surface area contributed by atoms with Crippen molar-refractivity contribution in [2.75, 3.05) is 62.5 Å². The normalized spacial score (nSPS) is 10.3. The lowest BCUT2D eigenvalue weighted by molar-refractivity contribution is -0.216. The van der Waals surface area contributed by atoms with Crippen LogP contribution in [0, 0.1) is 5.41 Å². The van der Waals surface area contributed by atoms with Crippen LogP contribution in [0.1, 0.15) is 38.0 Å². The molecule has 3 aromatic rings. The van der Waals surface area contributed by atoms with Gasteiger partial charge in [-0.3, -0.25) is 0 Å². The molecule has 21 nitrogen and oxygen atoms in total. The van der Waals surface area contributed by atoms with E-state index in [2.05, 4.69) is 29.3 Å². The Morgan fingerprint density at radius 3 is 0.804 bits per heavy atom. The minimum absolute atomic E-state index is 0.0346. The summed E-state index contributed by atoms with van der Waals surface area (Å²) in [6.45, 7) is -1.07. The highest BCUT2D eigenvalue weighted by Crippen LogP contribution is 2.31. The Kier molecular flexibility index (Phi) is 16.0. The number of benzene rings is 3. The Balaban J connectivity index is 1.66. The minimum Gasteiger partial charge on any atom is -0.496 e. The summed E-state index contributed by atoms with van der Waals surface area (Å²) >= 11 is 0. The number of ether oxygens (including phenoxy) is 9.